The minimum absolute atomic E-state index is 0.0111. The van der Waals surface area contributed by atoms with Gasteiger partial charge in [0.15, 0.2) is 5.78 Å². The molecule has 3 unspecified atom stereocenters. The summed E-state index contributed by atoms with van der Waals surface area (Å²) in [6, 6.07) is 0. The van der Waals surface area contributed by atoms with Crippen LogP contribution in [0.1, 0.15) is 6.42 Å². The minimum Gasteiger partial charge on any atom is -0.512 e. The summed E-state index contributed by atoms with van der Waals surface area (Å²) in [6.07, 6.45) is 18.8. The Kier molecular flexibility index (Phi) is 3.65. The van der Waals surface area contributed by atoms with Crippen LogP contribution in [0.5, 0.6) is 0 Å². The molecule has 0 aromatic rings. The Morgan fingerprint density at radius 1 is 1.00 bits per heavy atom. The Hall–Kier alpha value is -2.29. The van der Waals surface area contributed by atoms with Crippen molar-refractivity contribution in [1.82, 2.24) is 0 Å². The maximum absolute atomic E-state index is 11.3. The summed E-state index contributed by atoms with van der Waals surface area (Å²) in [5.74, 6) is 0.956. The monoisotopic (exact) mass is 282 g/mol. The van der Waals surface area contributed by atoms with Crippen molar-refractivity contribution in [3.05, 3.63) is 72.3 Å². The Morgan fingerprint density at radius 2 is 1.76 bits per heavy atom. The fourth-order valence-electron chi connectivity index (χ4n) is 3.26. The molecule has 0 heterocycles. The maximum Gasteiger partial charge on any atom is 0.178 e. The van der Waals surface area contributed by atoms with E-state index in [1.165, 1.54) is 0 Å². The van der Waals surface area contributed by atoms with Crippen molar-refractivity contribution in [1.29, 1.82) is 0 Å². The van der Waals surface area contributed by atoms with Gasteiger partial charge in [-0.2, -0.15) is 0 Å². The lowest BCUT2D eigenvalue weighted by Crippen LogP contribution is -2.30. The second-order valence-electron chi connectivity index (χ2n) is 5.67. The van der Waals surface area contributed by atoms with Crippen LogP contribution in [0.15, 0.2) is 72.3 Å². The van der Waals surface area contributed by atoms with Gasteiger partial charge in [0.2, 0.25) is 0 Å². The zero-order valence-electron chi connectivity index (χ0n) is 11.6. The van der Waals surface area contributed by atoms with Gasteiger partial charge in [0.25, 0.3) is 0 Å². The summed E-state index contributed by atoms with van der Waals surface area (Å²) in [4.78, 5) is 11.3. The molecule has 0 aromatic heterocycles. The van der Waals surface area contributed by atoms with E-state index in [0.717, 1.165) is 6.42 Å². The van der Waals surface area contributed by atoms with E-state index in [2.05, 4.69) is 6.08 Å². The molecule has 3 atom stereocenters. The van der Waals surface area contributed by atoms with E-state index in [-0.39, 0.29) is 29.5 Å². The zero-order chi connectivity index (χ0) is 14.8. The van der Waals surface area contributed by atoms with Gasteiger partial charge in [0.1, 0.15) is 5.76 Å². The first kappa shape index (κ1) is 13.7. The van der Waals surface area contributed by atoms with Crippen molar-refractivity contribution < 1.29 is 15.0 Å². The molecule has 0 fully saturated rings. The molecule has 0 aliphatic heterocycles. The summed E-state index contributed by atoms with van der Waals surface area (Å²) in [5, 5.41) is 19.8. The minimum atomic E-state index is -0.0705. The third-order valence-electron chi connectivity index (χ3n) is 4.34. The molecule has 0 radical (unpaired) electrons. The molecule has 3 aliphatic rings. The fourth-order valence-corrected chi connectivity index (χ4v) is 3.26. The average Bonchev–Trinajstić information content (AvgIpc) is 2.49. The molecule has 0 saturated heterocycles. The van der Waals surface area contributed by atoms with Gasteiger partial charge in [-0.25, -0.2) is 0 Å². The lowest BCUT2D eigenvalue weighted by Gasteiger charge is -2.35. The Labute approximate surface area is 124 Å². The number of carbonyl (C=O) groups is 1. The van der Waals surface area contributed by atoms with Crippen LogP contribution in [0.4, 0.5) is 0 Å². The van der Waals surface area contributed by atoms with Gasteiger partial charge in [-0.05, 0) is 48.6 Å². The van der Waals surface area contributed by atoms with E-state index in [1.54, 1.807) is 30.4 Å². The van der Waals surface area contributed by atoms with Gasteiger partial charge in [-0.15, -0.1) is 0 Å². The number of rotatable bonds is 2. The van der Waals surface area contributed by atoms with Gasteiger partial charge < -0.3 is 10.2 Å². The van der Waals surface area contributed by atoms with Gasteiger partial charge in [0.05, 0.1) is 5.76 Å². The second-order valence-corrected chi connectivity index (χ2v) is 5.67. The number of aliphatic hydroxyl groups excluding tert-OH is 2. The quantitative estimate of drug-likeness (QED) is 0.814. The van der Waals surface area contributed by atoms with Crippen molar-refractivity contribution in [2.45, 2.75) is 6.42 Å². The summed E-state index contributed by atoms with van der Waals surface area (Å²) in [6.45, 7) is 0. The topological polar surface area (TPSA) is 57.5 Å². The molecule has 21 heavy (non-hydrogen) atoms. The van der Waals surface area contributed by atoms with Crippen molar-refractivity contribution in [3.8, 4) is 0 Å². The van der Waals surface area contributed by atoms with Crippen molar-refractivity contribution in [2.24, 2.45) is 23.7 Å². The van der Waals surface area contributed by atoms with Crippen LogP contribution < -0.4 is 0 Å². The normalized spacial score (nSPS) is 32.2. The van der Waals surface area contributed by atoms with Crippen LogP contribution in [0.3, 0.4) is 0 Å². The molecular formula is C18H18O3. The highest BCUT2D eigenvalue weighted by atomic mass is 16.3. The SMILES string of the molecule is O=C1C=CC(C2C(O)=CC=CC2C2C=CC(O)=CC2)C=C1. The molecule has 0 saturated carbocycles. The summed E-state index contributed by atoms with van der Waals surface area (Å²) in [5.41, 5.74) is 0. The first-order chi connectivity index (χ1) is 10.1. The Bertz CT molecular complexity index is 600. The van der Waals surface area contributed by atoms with Crippen molar-refractivity contribution in [3.63, 3.8) is 0 Å². The summed E-state index contributed by atoms with van der Waals surface area (Å²) in [7, 11) is 0. The fraction of sp³-hybridized carbons (Fsp3) is 0.278. The summed E-state index contributed by atoms with van der Waals surface area (Å²) >= 11 is 0. The van der Waals surface area contributed by atoms with Crippen molar-refractivity contribution >= 4 is 5.78 Å². The highest BCUT2D eigenvalue weighted by Gasteiger charge is 2.35. The van der Waals surface area contributed by atoms with E-state index in [4.69, 9.17) is 0 Å². The standard InChI is InChI=1S/C18H18O3/c19-14-8-4-12(5-9-14)16-2-1-3-17(21)18(16)13-6-10-15(20)11-7-13/h1-4,6-13,16,18-19,21H,5H2. The summed E-state index contributed by atoms with van der Waals surface area (Å²) < 4.78 is 0. The molecule has 0 bridgehead atoms. The third kappa shape index (κ3) is 2.77. The number of carbonyl (C=O) groups excluding carboxylic acids is 1. The lowest BCUT2D eigenvalue weighted by molar-refractivity contribution is -0.110. The van der Waals surface area contributed by atoms with Gasteiger partial charge >= 0.3 is 0 Å². The Balaban J connectivity index is 1.85. The van der Waals surface area contributed by atoms with Crippen LogP contribution >= 0.6 is 0 Å². The van der Waals surface area contributed by atoms with Crippen LogP contribution in [-0.4, -0.2) is 16.0 Å². The van der Waals surface area contributed by atoms with Crippen LogP contribution in [0.25, 0.3) is 0 Å². The van der Waals surface area contributed by atoms with Gasteiger partial charge in [0, 0.05) is 11.8 Å². The van der Waals surface area contributed by atoms with E-state index in [1.807, 2.05) is 24.3 Å². The molecule has 3 rings (SSSR count). The molecule has 3 aliphatic carbocycles. The van der Waals surface area contributed by atoms with E-state index >= 15 is 0 Å². The molecule has 3 nitrogen and oxygen atoms in total. The lowest BCUT2D eigenvalue weighted by atomic mass is 9.69. The molecule has 2 N–H and O–H groups in total. The van der Waals surface area contributed by atoms with E-state index in [9.17, 15) is 15.0 Å². The smallest absolute Gasteiger partial charge is 0.178 e. The maximum atomic E-state index is 11.3. The highest BCUT2D eigenvalue weighted by molar-refractivity contribution is 6.00. The van der Waals surface area contributed by atoms with E-state index < -0.39 is 0 Å². The molecule has 3 heteroatoms. The van der Waals surface area contributed by atoms with Gasteiger partial charge in [-0.3, -0.25) is 4.79 Å². The first-order valence-electron chi connectivity index (χ1n) is 7.20. The number of ketones is 1. The molecule has 0 aromatic carbocycles. The van der Waals surface area contributed by atoms with Crippen LogP contribution in [-0.2, 0) is 4.79 Å². The second kappa shape index (κ2) is 5.60. The van der Waals surface area contributed by atoms with Gasteiger partial charge in [-0.1, -0.05) is 30.4 Å². The number of allylic oxidation sites excluding steroid dienone is 11. The first-order valence-corrected chi connectivity index (χ1v) is 7.20. The Morgan fingerprint density at radius 3 is 2.43 bits per heavy atom. The third-order valence-corrected chi connectivity index (χ3v) is 4.34. The highest BCUT2D eigenvalue weighted by Crippen LogP contribution is 2.40. The zero-order valence-corrected chi connectivity index (χ0v) is 11.6. The number of aliphatic hydroxyl groups is 2. The number of hydrogen-bond donors (Lipinski definition) is 2. The molecule has 108 valence electrons. The molecular weight excluding hydrogens is 264 g/mol. The largest absolute Gasteiger partial charge is 0.512 e. The van der Waals surface area contributed by atoms with Crippen LogP contribution in [0.2, 0.25) is 0 Å². The average molecular weight is 282 g/mol. The molecule has 0 amide bonds. The predicted octanol–water partition coefficient (Wildman–Crippen LogP) is 3.56. The number of hydrogen-bond acceptors (Lipinski definition) is 3. The predicted molar refractivity (Wildman–Crippen MR) is 81.6 cm³/mol. The molecule has 0 spiro atoms. The van der Waals surface area contributed by atoms with Crippen LogP contribution in [0, 0.1) is 23.7 Å². The van der Waals surface area contributed by atoms with Crippen molar-refractivity contribution in [2.75, 3.05) is 0 Å². The van der Waals surface area contributed by atoms with E-state index in [0.29, 0.717) is 11.5 Å².